The fourth-order valence-electron chi connectivity index (χ4n) is 2.39. The van der Waals surface area contributed by atoms with E-state index in [1.54, 1.807) is 12.6 Å². The maximum Gasteiger partial charge on any atom is 0.141 e. The van der Waals surface area contributed by atoms with E-state index in [0.717, 1.165) is 31.0 Å². The van der Waals surface area contributed by atoms with Crippen LogP contribution >= 0.6 is 0 Å². The van der Waals surface area contributed by atoms with E-state index in [2.05, 4.69) is 25.2 Å². The van der Waals surface area contributed by atoms with Crippen LogP contribution in [-0.2, 0) is 6.54 Å². The number of likely N-dealkylation sites (tertiary alicyclic amines) is 1. The lowest BCUT2D eigenvalue weighted by molar-refractivity contribution is 0.130. The molecule has 2 aromatic rings. The van der Waals surface area contributed by atoms with Gasteiger partial charge in [-0.25, -0.2) is 4.98 Å². The average Bonchev–Trinajstić information content (AvgIpc) is 3.01. The zero-order valence-corrected chi connectivity index (χ0v) is 9.54. The predicted octanol–water partition coefficient (Wildman–Crippen LogP) is 1.52. The third-order valence-electron chi connectivity index (χ3n) is 3.22. The minimum absolute atomic E-state index is 0.322. The molecule has 0 unspecified atom stereocenters. The van der Waals surface area contributed by atoms with Crippen LogP contribution in [0.5, 0.6) is 0 Å². The molecule has 0 radical (unpaired) electrons. The number of nitrogens with zero attached hydrogens (tertiary/aromatic N) is 4. The summed E-state index contributed by atoms with van der Waals surface area (Å²) in [5.41, 5.74) is 0.969. The number of nitrogens with one attached hydrogen (secondary N) is 1. The smallest absolute Gasteiger partial charge is 0.141 e. The van der Waals surface area contributed by atoms with Crippen molar-refractivity contribution in [2.75, 3.05) is 6.54 Å². The molecule has 17 heavy (non-hydrogen) atoms. The normalized spacial score (nSPS) is 21.8. The number of aromatic nitrogens is 4. The highest BCUT2D eigenvalue weighted by Gasteiger charge is 2.26. The van der Waals surface area contributed by atoms with Gasteiger partial charge in [0.2, 0.25) is 0 Å². The number of rotatable bonds is 3. The lowest BCUT2D eigenvalue weighted by Crippen LogP contribution is -2.33. The molecular weight excluding hydrogens is 218 g/mol. The van der Waals surface area contributed by atoms with E-state index in [-0.39, 0.29) is 0 Å². The van der Waals surface area contributed by atoms with Crippen LogP contribution in [0.2, 0.25) is 0 Å². The summed E-state index contributed by atoms with van der Waals surface area (Å²) in [6, 6.07) is 2.23. The van der Waals surface area contributed by atoms with Crippen LogP contribution in [0.3, 0.4) is 0 Å². The number of aromatic amines is 1. The summed E-state index contributed by atoms with van der Waals surface area (Å²) < 4.78 is 4.87. The second kappa shape index (κ2) is 4.67. The third-order valence-corrected chi connectivity index (χ3v) is 3.22. The second-order valence-corrected chi connectivity index (χ2v) is 4.34. The van der Waals surface area contributed by atoms with Crippen LogP contribution in [0.1, 0.15) is 36.8 Å². The first kappa shape index (κ1) is 10.5. The van der Waals surface area contributed by atoms with Gasteiger partial charge in [-0.05, 0) is 19.4 Å². The number of hydrogen-bond acceptors (Lipinski definition) is 5. The Morgan fingerprint density at radius 1 is 1.47 bits per heavy atom. The Balaban J connectivity index is 1.76. The molecule has 1 atom stereocenters. The van der Waals surface area contributed by atoms with Crippen molar-refractivity contribution in [1.82, 2.24) is 25.2 Å². The first-order valence-corrected chi connectivity index (χ1v) is 5.92. The van der Waals surface area contributed by atoms with Crippen molar-refractivity contribution in [1.29, 1.82) is 0 Å². The highest BCUT2D eigenvalue weighted by atomic mass is 16.5. The van der Waals surface area contributed by atoms with E-state index < -0.39 is 0 Å². The lowest BCUT2D eigenvalue weighted by Gasteiger charge is -2.33. The van der Waals surface area contributed by atoms with E-state index >= 15 is 0 Å². The molecule has 1 aliphatic heterocycles. The molecule has 1 saturated heterocycles. The molecule has 1 fully saturated rings. The summed E-state index contributed by atoms with van der Waals surface area (Å²) in [6.07, 6.45) is 6.76. The molecule has 1 N–H and O–H groups in total. The third kappa shape index (κ3) is 2.21. The van der Waals surface area contributed by atoms with Crippen molar-refractivity contribution in [2.24, 2.45) is 0 Å². The van der Waals surface area contributed by atoms with Crippen LogP contribution in [-0.4, -0.2) is 31.8 Å². The van der Waals surface area contributed by atoms with E-state index in [4.69, 9.17) is 4.52 Å². The van der Waals surface area contributed by atoms with Gasteiger partial charge < -0.3 is 4.52 Å². The molecule has 0 aliphatic carbocycles. The minimum Gasteiger partial charge on any atom is -0.364 e. The van der Waals surface area contributed by atoms with Crippen LogP contribution < -0.4 is 0 Å². The van der Waals surface area contributed by atoms with Crippen LogP contribution in [0, 0.1) is 0 Å². The highest BCUT2D eigenvalue weighted by Crippen LogP contribution is 2.29. The van der Waals surface area contributed by atoms with Crippen molar-refractivity contribution >= 4 is 0 Å². The standard InChI is InChI=1S/C11H15N5O/c1-2-5-16(7-9-4-6-17-15-9)10(3-1)11-12-8-13-14-11/h4,6,8,10H,1-3,5,7H2,(H,12,13,14)/t10-/m0/s1. The van der Waals surface area contributed by atoms with Gasteiger partial charge in [0.25, 0.3) is 0 Å². The molecule has 3 heterocycles. The summed E-state index contributed by atoms with van der Waals surface area (Å²) in [6.45, 7) is 1.88. The molecule has 0 bridgehead atoms. The van der Waals surface area contributed by atoms with E-state index in [0.29, 0.717) is 6.04 Å². The summed E-state index contributed by atoms with van der Waals surface area (Å²) >= 11 is 0. The van der Waals surface area contributed by atoms with Gasteiger partial charge >= 0.3 is 0 Å². The maximum absolute atomic E-state index is 4.87. The van der Waals surface area contributed by atoms with Crippen molar-refractivity contribution in [3.63, 3.8) is 0 Å². The summed E-state index contributed by atoms with van der Waals surface area (Å²) in [4.78, 5) is 6.64. The Hall–Kier alpha value is -1.69. The SMILES string of the molecule is c1n[nH]c([C@@H]2CCCCN2Cc2ccon2)n1. The fraction of sp³-hybridized carbons (Fsp3) is 0.545. The summed E-state index contributed by atoms with van der Waals surface area (Å²) in [5, 5.41) is 10.9. The molecular formula is C11H15N5O. The molecule has 1 aliphatic rings. The van der Waals surface area contributed by atoms with E-state index in [9.17, 15) is 0 Å². The molecule has 2 aromatic heterocycles. The zero-order valence-electron chi connectivity index (χ0n) is 9.54. The lowest BCUT2D eigenvalue weighted by atomic mass is 10.0. The van der Waals surface area contributed by atoms with Gasteiger partial charge in [0.1, 0.15) is 18.4 Å². The topological polar surface area (TPSA) is 70.8 Å². The van der Waals surface area contributed by atoms with E-state index in [1.807, 2.05) is 6.07 Å². The molecule has 0 spiro atoms. The van der Waals surface area contributed by atoms with Crippen LogP contribution in [0.15, 0.2) is 23.2 Å². The van der Waals surface area contributed by atoms with Crippen molar-refractivity contribution in [2.45, 2.75) is 31.8 Å². The molecule has 6 nitrogen and oxygen atoms in total. The maximum atomic E-state index is 4.87. The van der Waals surface area contributed by atoms with Gasteiger partial charge in [0, 0.05) is 12.6 Å². The van der Waals surface area contributed by atoms with Gasteiger partial charge in [0.15, 0.2) is 0 Å². The Morgan fingerprint density at radius 3 is 3.24 bits per heavy atom. The van der Waals surface area contributed by atoms with Gasteiger partial charge in [-0.3, -0.25) is 10.00 Å². The van der Waals surface area contributed by atoms with Gasteiger partial charge in [-0.1, -0.05) is 11.6 Å². The summed E-state index contributed by atoms with van der Waals surface area (Å²) in [5.74, 6) is 0.952. The molecule has 6 heteroatoms. The largest absolute Gasteiger partial charge is 0.364 e. The number of H-pyrrole nitrogens is 1. The first-order chi connectivity index (χ1) is 8.43. The number of piperidine rings is 1. The van der Waals surface area contributed by atoms with Crippen molar-refractivity contribution in [3.05, 3.63) is 30.2 Å². The van der Waals surface area contributed by atoms with Gasteiger partial charge in [-0.15, -0.1) is 0 Å². The Kier molecular flexibility index (Phi) is 2.87. The Bertz CT molecular complexity index is 438. The van der Waals surface area contributed by atoms with Crippen molar-refractivity contribution in [3.8, 4) is 0 Å². The summed E-state index contributed by atoms with van der Waals surface area (Å²) in [7, 11) is 0. The van der Waals surface area contributed by atoms with Crippen LogP contribution in [0.25, 0.3) is 0 Å². The zero-order chi connectivity index (χ0) is 11.5. The Morgan fingerprint density at radius 2 is 2.47 bits per heavy atom. The monoisotopic (exact) mass is 233 g/mol. The molecule has 0 saturated carbocycles. The quantitative estimate of drug-likeness (QED) is 0.870. The van der Waals surface area contributed by atoms with E-state index in [1.165, 1.54) is 12.8 Å². The van der Waals surface area contributed by atoms with Gasteiger partial charge in [0.05, 0.1) is 11.7 Å². The molecule has 0 amide bonds. The van der Waals surface area contributed by atoms with Crippen LogP contribution in [0.4, 0.5) is 0 Å². The first-order valence-electron chi connectivity index (χ1n) is 5.92. The molecule has 0 aromatic carbocycles. The van der Waals surface area contributed by atoms with Gasteiger partial charge in [-0.2, -0.15) is 5.10 Å². The molecule has 3 rings (SSSR count). The van der Waals surface area contributed by atoms with Crippen molar-refractivity contribution < 1.29 is 4.52 Å². The Labute approximate surface area is 99.0 Å². The second-order valence-electron chi connectivity index (χ2n) is 4.34. The fourth-order valence-corrected chi connectivity index (χ4v) is 2.39. The number of hydrogen-bond donors (Lipinski definition) is 1. The average molecular weight is 233 g/mol. The predicted molar refractivity (Wildman–Crippen MR) is 59.9 cm³/mol. The molecule has 90 valence electrons. The minimum atomic E-state index is 0.322. The highest BCUT2D eigenvalue weighted by molar-refractivity contribution is 5.00.